The van der Waals surface area contributed by atoms with Crippen molar-refractivity contribution in [2.75, 3.05) is 19.8 Å². The molecule has 3 nitrogen and oxygen atoms in total. The summed E-state index contributed by atoms with van der Waals surface area (Å²) in [6, 6.07) is -0.728. The summed E-state index contributed by atoms with van der Waals surface area (Å²) < 4.78 is 251. The van der Waals surface area contributed by atoms with Crippen molar-refractivity contribution >= 4 is 8.56 Å². The Morgan fingerprint density at radius 1 is 0.525 bits per heavy atom. The van der Waals surface area contributed by atoms with Gasteiger partial charge in [-0.3, -0.25) is 0 Å². The predicted octanol–water partition coefficient (Wildman–Crippen LogP) is 8.01. The summed E-state index contributed by atoms with van der Waals surface area (Å²) in [5.41, 5.74) is 0. The van der Waals surface area contributed by atoms with E-state index in [0.717, 1.165) is 20.8 Å². The van der Waals surface area contributed by atoms with E-state index in [1.54, 1.807) is 0 Å². The van der Waals surface area contributed by atoms with Crippen LogP contribution in [0, 0.1) is 0 Å². The Bertz CT molecular complexity index is 861. The van der Waals surface area contributed by atoms with Gasteiger partial charge in [-0.05, 0) is 33.2 Å². The van der Waals surface area contributed by atoms with Gasteiger partial charge in [-0.2, -0.15) is 74.6 Å². The zero-order chi connectivity index (χ0) is 32.1. The number of hydrogen-bond acceptors (Lipinski definition) is 3. The molecule has 0 radical (unpaired) electrons. The molecule has 0 saturated carbocycles. The fourth-order valence-corrected chi connectivity index (χ4v) is 8.79. The average Bonchev–Trinajstić information content (AvgIpc) is 2.79. The Labute approximate surface area is 216 Å². The van der Waals surface area contributed by atoms with Crippen molar-refractivity contribution in [3.63, 3.8) is 0 Å². The molecular formula is C19H23F17O3Si. The van der Waals surface area contributed by atoms with E-state index in [4.69, 9.17) is 13.6 Å². The SMILES string of the molecule is CCOC1(C(F)(F)C(F)(F)C(F)(F)C(F)(F)C(F)(F)C(F)(F)C(F)(F)C(F)(F)F)CCCC[Si]1(OCC)OCC. The summed E-state index contributed by atoms with van der Waals surface area (Å²) in [6.07, 6.45) is -9.95. The lowest BCUT2D eigenvalue weighted by Gasteiger charge is -2.54. The standard InChI is InChI=1S/C19H23F17O3Si/c1-4-37-11(9-7-8-10-40(11,38-5-2)39-6-3)12(20,21)13(22,23)14(24,25)15(26,27)16(28,29)17(30,31)18(32,33)19(34,35)36/h4-10H2,1-3H3. The summed E-state index contributed by atoms with van der Waals surface area (Å²) in [5.74, 6) is -57.2. The summed E-state index contributed by atoms with van der Waals surface area (Å²) in [6.45, 7) is 0.651. The molecule has 1 aliphatic heterocycles. The van der Waals surface area contributed by atoms with Gasteiger partial charge in [0.1, 0.15) is 0 Å². The lowest BCUT2D eigenvalue weighted by Crippen LogP contribution is -2.81. The Hall–Kier alpha value is -1.09. The zero-order valence-corrected chi connectivity index (χ0v) is 21.6. The van der Waals surface area contributed by atoms with Gasteiger partial charge < -0.3 is 13.6 Å². The number of ether oxygens (including phenoxy) is 1. The van der Waals surface area contributed by atoms with Crippen LogP contribution in [0.25, 0.3) is 0 Å². The van der Waals surface area contributed by atoms with Crippen LogP contribution in [-0.2, 0) is 13.6 Å². The van der Waals surface area contributed by atoms with Crippen LogP contribution in [0.2, 0.25) is 6.04 Å². The molecule has 1 aliphatic rings. The smallest absolute Gasteiger partial charge is 0.393 e. The molecule has 0 bridgehead atoms. The van der Waals surface area contributed by atoms with E-state index in [1.807, 2.05) is 0 Å². The van der Waals surface area contributed by atoms with E-state index in [0.29, 0.717) is 0 Å². The van der Waals surface area contributed by atoms with Crippen molar-refractivity contribution in [2.24, 2.45) is 0 Å². The molecule has 0 N–H and O–H groups in total. The number of alkyl halides is 17. The van der Waals surface area contributed by atoms with Crippen molar-refractivity contribution in [2.45, 2.75) is 98.9 Å². The monoisotopic (exact) mass is 650 g/mol. The molecule has 0 spiro atoms. The van der Waals surface area contributed by atoms with Gasteiger partial charge in [-0.25, -0.2) is 0 Å². The van der Waals surface area contributed by atoms with Crippen LogP contribution in [0.5, 0.6) is 0 Å². The first kappa shape index (κ1) is 36.9. The second kappa shape index (κ2) is 10.9. The maximum atomic E-state index is 15.6. The second-order valence-electron chi connectivity index (χ2n) is 8.60. The Balaban J connectivity index is 3.98. The molecule has 40 heavy (non-hydrogen) atoms. The van der Waals surface area contributed by atoms with E-state index < -0.39 is 100 Å². The summed E-state index contributed by atoms with van der Waals surface area (Å²) in [4.78, 5) is 0. The van der Waals surface area contributed by atoms with Gasteiger partial charge in [-0.15, -0.1) is 0 Å². The van der Waals surface area contributed by atoms with E-state index in [1.165, 1.54) is 0 Å². The minimum atomic E-state index is -8.69. The number of halogens is 17. The molecule has 240 valence electrons. The van der Waals surface area contributed by atoms with Crippen LogP contribution in [-0.4, -0.2) is 81.2 Å². The molecule has 1 saturated heterocycles. The van der Waals surface area contributed by atoms with E-state index in [-0.39, 0.29) is 6.42 Å². The Morgan fingerprint density at radius 2 is 0.900 bits per heavy atom. The van der Waals surface area contributed by atoms with Crippen molar-refractivity contribution < 1.29 is 88.2 Å². The normalized spacial score (nSPS) is 22.5. The number of hydrogen-bond donors (Lipinski definition) is 0. The third-order valence-corrected chi connectivity index (χ3v) is 10.7. The first-order chi connectivity index (χ1) is 17.6. The van der Waals surface area contributed by atoms with Crippen LogP contribution < -0.4 is 0 Å². The highest BCUT2D eigenvalue weighted by Gasteiger charge is 2.97. The first-order valence-electron chi connectivity index (χ1n) is 11.3. The topological polar surface area (TPSA) is 27.7 Å². The maximum absolute atomic E-state index is 15.6. The fraction of sp³-hybridized carbons (Fsp3) is 1.00. The Morgan fingerprint density at radius 3 is 1.25 bits per heavy atom. The van der Waals surface area contributed by atoms with Gasteiger partial charge in [0.15, 0.2) is 5.22 Å². The van der Waals surface area contributed by atoms with Gasteiger partial charge >= 0.3 is 56.2 Å². The minimum Gasteiger partial charge on any atom is -0.393 e. The van der Waals surface area contributed by atoms with Crippen LogP contribution in [0.15, 0.2) is 0 Å². The van der Waals surface area contributed by atoms with Crippen molar-refractivity contribution in [1.82, 2.24) is 0 Å². The summed E-state index contributed by atoms with van der Waals surface area (Å²) in [7, 11) is -5.14. The molecule has 1 fully saturated rings. The highest BCUT2D eigenvalue weighted by atomic mass is 28.4. The number of rotatable bonds is 13. The molecule has 0 aromatic carbocycles. The van der Waals surface area contributed by atoms with Gasteiger partial charge in [0, 0.05) is 19.8 Å². The summed E-state index contributed by atoms with van der Waals surface area (Å²) in [5, 5.41) is -4.09. The van der Waals surface area contributed by atoms with E-state index >= 15 is 8.78 Å². The van der Waals surface area contributed by atoms with Crippen molar-refractivity contribution in [1.29, 1.82) is 0 Å². The molecule has 21 heteroatoms. The van der Waals surface area contributed by atoms with Crippen molar-refractivity contribution in [3.05, 3.63) is 0 Å². The zero-order valence-electron chi connectivity index (χ0n) is 20.6. The van der Waals surface area contributed by atoms with Crippen LogP contribution in [0.4, 0.5) is 74.6 Å². The van der Waals surface area contributed by atoms with Gasteiger partial charge in [0.25, 0.3) is 0 Å². The van der Waals surface area contributed by atoms with Crippen LogP contribution in [0.1, 0.15) is 40.0 Å². The highest BCUT2D eigenvalue weighted by Crippen LogP contribution is 2.66. The molecule has 1 atom stereocenters. The minimum absolute atomic E-state index is 0.161. The average molecular weight is 650 g/mol. The third-order valence-electron chi connectivity index (χ3n) is 6.28. The molecule has 0 aromatic heterocycles. The van der Waals surface area contributed by atoms with Crippen LogP contribution in [0.3, 0.4) is 0 Å². The molecule has 1 unspecified atom stereocenters. The maximum Gasteiger partial charge on any atom is 0.460 e. The first-order valence-corrected chi connectivity index (χ1v) is 13.3. The molecule has 1 heterocycles. The van der Waals surface area contributed by atoms with E-state index in [2.05, 4.69) is 0 Å². The van der Waals surface area contributed by atoms with E-state index in [9.17, 15) is 65.9 Å². The quantitative estimate of drug-likeness (QED) is 0.149. The predicted molar refractivity (Wildman–Crippen MR) is 103 cm³/mol. The van der Waals surface area contributed by atoms with Crippen molar-refractivity contribution in [3.8, 4) is 0 Å². The van der Waals surface area contributed by atoms with Gasteiger partial charge in [0.2, 0.25) is 0 Å². The summed E-state index contributed by atoms with van der Waals surface area (Å²) >= 11 is 0. The lowest BCUT2D eigenvalue weighted by molar-refractivity contribution is -0.466. The van der Waals surface area contributed by atoms with Gasteiger partial charge in [0.05, 0.1) is 0 Å². The Kier molecular flexibility index (Phi) is 10.0. The molecule has 0 amide bonds. The largest absolute Gasteiger partial charge is 0.460 e. The van der Waals surface area contributed by atoms with Crippen LogP contribution >= 0.6 is 0 Å². The molecule has 0 aliphatic carbocycles. The van der Waals surface area contributed by atoms with Gasteiger partial charge in [-0.1, -0.05) is 12.8 Å². The molecule has 1 rings (SSSR count). The molecule has 0 aromatic rings. The lowest BCUT2D eigenvalue weighted by atomic mass is 9.86. The fourth-order valence-electron chi connectivity index (χ4n) is 4.34. The molecular weight excluding hydrogens is 627 g/mol. The second-order valence-corrected chi connectivity index (χ2v) is 12.0. The third kappa shape index (κ3) is 4.67. The highest BCUT2D eigenvalue weighted by molar-refractivity contribution is 6.71.